The van der Waals surface area contributed by atoms with Gasteiger partial charge in [-0.3, -0.25) is 22.8 Å². The zero-order valence-corrected chi connectivity index (χ0v) is 36.9. The molecule has 4 aromatic carbocycles. The monoisotopic (exact) mass is 1040 g/mol. The number of hydrogen-bond donors (Lipinski definition) is 7. The highest BCUT2D eigenvalue weighted by atomic mass is 32.3. The number of nitrogen functional groups attached to an aromatic ring is 2. The molecule has 36 heteroatoms. The summed E-state index contributed by atoms with van der Waals surface area (Å²) in [5.74, 6) is -1.99. The van der Waals surface area contributed by atoms with Crippen molar-refractivity contribution in [2.45, 2.75) is 24.5 Å². The van der Waals surface area contributed by atoms with Crippen LogP contribution in [0.15, 0.2) is 122 Å². The van der Waals surface area contributed by atoms with E-state index in [0.29, 0.717) is 30.3 Å². The largest absolute Gasteiger partial charge is 0.397 e. The van der Waals surface area contributed by atoms with E-state index >= 15 is 0 Å². The van der Waals surface area contributed by atoms with Gasteiger partial charge in [0.2, 0.25) is 0 Å². The zero-order valence-electron chi connectivity index (χ0n) is 31.1. The van der Waals surface area contributed by atoms with Crippen LogP contribution in [0.4, 0.5) is 45.5 Å². The van der Waals surface area contributed by atoms with Crippen LogP contribution in [0.1, 0.15) is 0 Å². The second-order valence-corrected chi connectivity index (χ2v) is 22.6. The summed E-state index contributed by atoms with van der Waals surface area (Å²) in [6.45, 7) is -2.03. The molecule has 64 heavy (non-hydrogen) atoms. The first-order valence-electron chi connectivity index (χ1n) is 16.1. The van der Waals surface area contributed by atoms with Crippen LogP contribution >= 0.6 is 0 Å². The summed E-state index contributed by atoms with van der Waals surface area (Å²) >= 11 is 0. The number of benzene rings is 4. The van der Waals surface area contributed by atoms with E-state index in [-0.39, 0.29) is 10.6 Å². The van der Waals surface area contributed by atoms with Crippen LogP contribution in [0, 0.1) is 0 Å². The van der Waals surface area contributed by atoms with Gasteiger partial charge in [-0.1, -0.05) is 0 Å². The molecule has 0 amide bonds. The van der Waals surface area contributed by atoms with E-state index < -0.39 is 155 Å². The Morgan fingerprint density at radius 2 is 0.859 bits per heavy atom. The molecule has 0 unspecified atom stereocenters. The molecule has 29 nitrogen and oxygen atoms in total. The van der Waals surface area contributed by atoms with Gasteiger partial charge in [-0.05, 0) is 66.7 Å². The van der Waals surface area contributed by atoms with Crippen LogP contribution in [-0.4, -0.2) is 106 Å². The molecule has 0 saturated heterocycles. The van der Waals surface area contributed by atoms with E-state index in [0.717, 1.165) is 36.4 Å². The number of sulfone groups is 2. The van der Waals surface area contributed by atoms with Gasteiger partial charge in [-0.2, -0.15) is 47.2 Å². The van der Waals surface area contributed by atoms with Crippen molar-refractivity contribution in [1.29, 1.82) is 0 Å². The van der Waals surface area contributed by atoms with Crippen LogP contribution in [0.5, 0.6) is 0 Å². The Bertz CT molecular complexity index is 3400. The van der Waals surface area contributed by atoms with Gasteiger partial charge in [0.1, 0.15) is 38.2 Å². The average Bonchev–Trinajstić information content (AvgIpc) is 3.15. The third-order valence-corrected chi connectivity index (χ3v) is 14.5. The van der Waals surface area contributed by atoms with Crippen LogP contribution in [-0.2, 0) is 79.2 Å². The molecule has 4 aromatic rings. The highest BCUT2D eigenvalue weighted by Gasteiger charge is 2.25. The molecular weight excluding hydrogens is 1010 g/mol. The maximum atomic E-state index is 12.7. The van der Waals surface area contributed by atoms with E-state index in [9.17, 15) is 72.6 Å². The quantitative estimate of drug-likeness (QED) is 0.0403. The predicted octanol–water partition coefficient (Wildman–Crippen LogP) is 3.02. The van der Waals surface area contributed by atoms with Crippen molar-refractivity contribution < 1.29 is 90.1 Å². The third kappa shape index (κ3) is 14.1. The number of hydrogen-bond acceptors (Lipinski definition) is 24. The van der Waals surface area contributed by atoms with Crippen molar-refractivity contribution >= 4 is 116 Å². The smallest absolute Gasteiger partial charge is 0.395 e. The summed E-state index contributed by atoms with van der Waals surface area (Å²) in [5.41, 5.74) is 7.79. The van der Waals surface area contributed by atoms with Crippen molar-refractivity contribution in [3.63, 3.8) is 0 Å². The zero-order chi connectivity index (χ0) is 48.3. The van der Waals surface area contributed by atoms with Gasteiger partial charge in [-0.15, -0.1) is 25.6 Å². The van der Waals surface area contributed by atoms with E-state index in [1.54, 1.807) is 0 Å². The lowest BCUT2D eigenvalue weighted by atomic mass is 10.2. The van der Waals surface area contributed by atoms with Crippen molar-refractivity contribution in [1.82, 2.24) is 0 Å². The molecular formula is C28H28N8O21S7. The maximum Gasteiger partial charge on any atom is 0.397 e. The Labute approximate surface area is 362 Å². The Balaban J connectivity index is 1.87. The maximum absolute atomic E-state index is 12.7. The Morgan fingerprint density at radius 1 is 0.422 bits per heavy atom. The van der Waals surface area contributed by atoms with Crippen LogP contribution < -0.4 is 11.5 Å². The van der Waals surface area contributed by atoms with Crippen molar-refractivity contribution in [2.75, 3.05) is 36.2 Å². The summed E-state index contributed by atoms with van der Waals surface area (Å²) in [4.78, 5) is -4.31. The molecule has 0 aliphatic heterocycles. The minimum absolute atomic E-state index is 0.0899. The summed E-state index contributed by atoms with van der Waals surface area (Å²) in [7, 11) is -34.2. The molecule has 0 atom stereocenters. The fraction of sp³-hybridized carbons (Fsp3) is 0.143. The third-order valence-electron chi connectivity index (χ3n) is 7.57. The lowest BCUT2D eigenvalue weighted by Crippen LogP contribution is -2.16. The Morgan fingerprint density at radius 3 is 1.34 bits per heavy atom. The molecule has 0 spiro atoms. The highest BCUT2D eigenvalue weighted by Crippen LogP contribution is 2.46. The minimum Gasteiger partial charge on any atom is -0.395 e. The van der Waals surface area contributed by atoms with Crippen molar-refractivity contribution in [2.24, 2.45) is 30.7 Å². The fourth-order valence-corrected chi connectivity index (χ4v) is 9.48. The lowest BCUT2D eigenvalue weighted by Gasteiger charge is -2.10. The summed E-state index contributed by atoms with van der Waals surface area (Å²) in [6, 6.07) is 8.69. The molecule has 0 aromatic heterocycles. The molecule has 0 bridgehead atoms. The van der Waals surface area contributed by atoms with E-state index in [4.69, 9.17) is 20.6 Å². The van der Waals surface area contributed by atoms with Gasteiger partial charge in [0.05, 0.1) is 56.5 Å². The van der Waals surface area contributed by atoms with E-state index in [2.05, 4.69) is 39.1 Å². The SMILES string of the molecule is Nc1c(/N=N/c2ccc(S(=O)(=O)CCOS(=O)(=O)O)cc2)cc(/N=N/c2cc(S(=O)(=O)O)ccc2S(=O)(=O)O)c(N)c1/N=N/c1ccc(S(=O)(=O)CCOS(=O)(=O)O)cc1S(=O)(=O)O. The van der Waals surface area contributed by atoms with E-state index in [1.165, 1.54) is 0 Å². The number of nitrogens with zero attached hydrogens (tertiary/aromatic N) is 6. The molecule has 348 valence electrons. The minimum atomic E-state index is -5.36. The van der Waals surface area contributed by atoms with Crippen molar-refractivity contribution in [3.8, 4) is 0 Å². The number of nitrogens with two attached hydrogens (primary N) is 2. The molecule has 0 aliphatic rings. The molecule has 0 heterocycles. The molecule has 0 fully saturated rings. The summed E-state index contributed by atoms with van der Waals surface area (Å²) in [6.07, 6.45) is 0. The molecule has 0 radical (unpaired) electrons. The van der Waals surface area contributed by atoms with Gasteiger partial charge in [0, 0.05) is 0 Å². The standard InChI is InChI=1S/C28H28N8O21S7/c29-26-22(34-31-16-1-3-17(4-2-16)58(37,38)11-9-56-63(50,51)52)15-23(35-33-21-13-19(60(41,42)43)6-8-24(21)61(44,45)46)27(30)28(26)36-32-20-7-5-18(14-25(20)62(47,48)49)59(39,40)12-10-57-64(53,54)55/h1-8,13-15H,9-12,29-30H2,(H,41,42,43)(H,44,45,46)(H,47,48,49)(H,50,51,52)(H,53,54,55)/b34-31+,35-33+,36-32+. The van der Waals surface area contributed by atoms with Gasteiger partial charge >= 0.3 is 20.8 Å². The number of rotatable bonds is 19. The lowest BCUT2D eigenvalue weighted by molar-refractivity contribution is 0.282. The fourth-order valence-electron chi connectivity index (χ4n) is 4.65. The van der Waals surface area contributed by atoms with Gasteiger partial charge < -0.3 is 11.5 Å². The van der Waals surface area contributed by atoms with Crippen LogP contribution in [0.25, 0.3) is 0 Å². The van der Waals surface area contributed by atoms with Gasteiger partial charge in [0.25, 0.3) is 30.4 Å². The van der Waals surface area contributed by atoms with Crippen LogP contribution in [0.3, 0.4) is 0 Å². The number of anilines is 2. The second kappa shape index (κ2) is 19.0. The summed E-state index contributed by atoms with van der Waals surface area (Å²) < 4.78 is 221. The first-order valence-corrected chi connectivity index (χ1v) is 26.5. The normalized spacial score (nSPS) is 13.6. The molecule has 0 aliphatic carbocycles. The highest BCUT2D eigenvalue weighted by molar-refractivity contribution is 7.92. The molecule has 4 rings (SSSR count). The van der Waals surface area contributed by atoms with Gasteiger partial charge in [0.15, 0.2) is 19.7 Å². The second-order valence-electron chi connectivity index (χ2n) is 12.0. The molecule has 0 saturated carbocycles. The number of azo groups is 3. The van der Waals surface area contributed by atoms with E-state index in [1.807, 2.05) is 0 Å². The Kier molecular flexibility index (Phi) is 15.2. The van der Waals surface area contributed by atoms with Gasteiger partial charge in [-0.25, -0.2) is 25.2 Å². The summed E-state index contributed by atoms with van der Waals surface area (Å²) in [5, 5.41) is 22.6. The molecule has 9 N–H and O–H groups in total. The topological polar surface area (TPSA) is 485 Å². The predicted molar refractivity (Wildman–Crippen MR) is 216 cm³/mol. The average molecular weight is 1040 g/mol. The first-order chi connectivity index (χ1) is 29.2. The van der Waals surface area contributed by atoms with Crippen molar-refractivity contribution in [3.05, 3.63) is 66.7 Å². The van der Waals surface area contributed by atoms with Crippen LogP contribution in [0.2, 0.25) is 0 Å². The first kappa shape index (κ1) is 51.3. The Hall–Kier alpha value is -5.35.